The zero-order chi connectivity index (χ0) is 13.8. The molecule has 0 saturated heterocycles. The summed E-state index contributed by atoms with van der Waals surface area (Å²) in [5, 5.41) is 0. The lowest BCUT2D eigenvalue weighted by molar-refractivity contribution is 0.476. The van der Waals surface area contributed by atoms with Crippen molar-refractivity contribution in [2.75, 3.05) is 0 Å². The van der Waals surface area contributed by atoms with Crippen molar-refractivity contribution >= 4 is 7.92 Å². The second-order valence-electron chi connectivity index (χ2n) is 7.45. The Bertz CT molecular complexity index is 292. The van der Waals surface area contributed by atoms with Gasteiger partial charge in [-0.3, -0.25) is 0 Å². The van der Waals surface area contributed by atoms with E-state index in [1.807, 2.05) is 0 Å². The van der Waals surface area contributed by atoms with Crippen LogP contribution < -0.4 is 0 Å². The fourth-order valence-corrected chi connectivity index (χ4v) is 9.55. The van der Waals surface area contributed by atoms with Gasteiger partial charge in [0.2, 0.25) is 0 Å². The van der Waals surface area contributed by atoms with Crippen LogP contribution in [0.15, 0.2) is 12.2 Å². The Balaban J connectivity index is 1.75. The average Bonchev–Trinajstić information content (AvgIpc) is 2.52. The maximum atomic E-state index is 4.52. The van der Waals surface area contributed by atoms with Crippen LogP contribution >= 0.6 is 7.92 Å². The molecule has 0 spiro atoms. The van der Waals surface area contributed by atoms with E-state index in [4.69, 9.17) is 0 Å². The molecule has 0 N–H and O–H groups in total. The highest BCUT2D eigenvalue weighted by molar-refractivity contribution is 7.60. The first-order valence-corrected chi connectivity index (χ1v) is 10.9. The molecular weight excluding hydrogens is 259 g/mol. The number of allylic oxidation sites excluding steroid dienone is 1. The molecule has 20 heavy (non-hydrogen) atoms. The van der Waals surface area contributed by atoms with Crippen LogP contribution in [0, 0.1) is 0 Å². The summed E-state index contributed by atoms with van der Waals surface area (Å²) in [6.45, 7) is 4.52. The van der Waals surface area contributed by atoms with Crippen LogP contribution in [-0.2, 0) is 0 Å². The summed E-state index contributed by atoms with van der Waals surface area (Å²) in [7, 11) is 0.246. The topological polar surface area (TPSA) is 0 Å². The third kappa shape index (κ3) is 3.49. The Morgan fingerprint density at radius 3 is 1.65 bits per heavy atom. The number of hydrogen-bond donors (Lipinski definition) is 0. The zero-order valence-electron chi connectivity index (χ0n) is 13.3. The molecule has 1 unspecified atom stereocenters. The molecule has 0 bridgehead atoms. The minimum Gasteiger partial charge on any atom is -0.0992 e. The summed E-state index contributed by atoms with van der Waals surface area (Å²) in [5.41, 5.74) is 4.85. The van der Waals surface area contributed by atoms with Crippen molar-refractivity contribution in [2.45, 2.75) is 107 Å². The van der Waals surface area contributed by atoms with Gasteiger partial charge in [0.05, 0.1) is 0 Å². The molecule has 0 aromatic carbocycles. The Morgan fingerprint density at radius 1 is 0.650 bits per heavy atom. The van der Waals surface area contributed by atoms with Crippen LogP contribution in [0.2, 0.25) is 0 Å². The van der Waals surface area contributed by atoms with Gasteiger partial charge in [0.1, 0.15) is 0 Å². The minimum atomic E-state index is 0.246. The van der Waals surface area contributed by atoms with Crippen molar-refractivity contribution in [1.82, 2.24) is 0 Å². The Hall–Kier alpha value is 0.170. The molecule has 1 heteroatoms. The van der Waals surface area contributed by atoms with Gasteiger partial charge in [-0.25, -0.2) is 0 Å². The van der Waals surface area contributed by atoms with Gasteiger partial charge in [0.25, 0.3) is 0 Å². The third-order valence-corrected chi connectivity index (χ3v) is 10.1. The molecule has 3 saturated carbocycles. The lowest BCUT2D eigenvalue weighted by atomic mass is 9.95. The number of hydrogen-bond acceptors (Lipinski definition) is 0. The summed E-state index contributed by atoms with van der Waals surface area (Å²) in [6, 6.07) is 0. The second kappa shape index (κ2) is 7.44. The quantitative estimate of drug-likeness (QED) is 0.404. The molecular formula is C19H33P. The van der Waals surface area contributed by atoms with Crippen molar-refractivity contribution in [3.8, 4) is 0 Å². The van der Waals surface area contributed by atoms with Crippen molar-refractivity contribution in [3.63, 3.8) is 0 Å². The molecule has 1 atom stereocenters. The molecule has 0 heterocycles. The Morgan fingerprint density at radius 2 is 1.15 bits per heavy atom. The van der Waals surface area contributed by atoms with E-state index >= 15 is 0 Å². The smallest absolute Gasteiger partial charge is 0.000286 e. The van der Waals surface area contributed by atoms with Gasteiger partial charge in [-0.1, -0.05) is 65.0 Å². The Kier molecular flexibility index (Phi) is 5.61. The largest absolute Gasteiger partial charge is 0.0992 e. The monoisotopic (exact) mass is 292 g/mol. The van der Waals surface area contributed by atoms with Crippen LogP contribution in [0.25, 0.3) is 0 Å². The first-order chi connectivity index (χ1) is 9.86. The molecule has 0 nitrogen and oxygen atoms in total. The lowest BCUT2D eigenvalue weighted by Gasteiger charge is -2.45. The van der Waals surface area contributed by atoms with Gasteiger partial charge in [-0.2, -0.15) is 0 Å². The summed E-state index contributed by atoms with van der Waals surface area (Å²) in [5.74, 6) is 0. The number of rotatable bonds is 3. The second-order valence-corrected chi connectivity index (χ2v) is 10.4. The van der Waals surface area contributed by atoms with Gasteiger partial charge in [0.15, 0.2) is 0 Å². The zero-order valence-corrected chi connectivity index (χ0v) is 14.2. The Labute approximate surface area is 127 Å². The van der Waals surface area contributed by atoms with E-state index in [0.717, 1.165) is 17.0 Å². The lowest BCUT2D eigenvalue weighted by Crippen LogP contribution is -2.29. The molecule has 0 aromatic heterocycles. The minimum absolute atomic E-state index is 0.246. The maximum Gasteiger partial charge on any atom is 0.000286 e. The summed E-state index contributed by atoms with van der Waals surface area (Å²) in [4.78, 5) is 0. The van der Waals surface area contributed by atoms with E-state index in [1.165, 1.54) is 64.2 Å². The average molecular weight is 292 g/mol. The molecule has 3 rings (SSSR count). The van der Waals surface area contributed by atoms with Gasteiger partial charge < -0.3 is 0 Å². The fraction of sp³-hybridized carbons (Fsp3) is 0.895. The van der Waals surface area contributed by atoms with Crippen LogP contribution in [0.3, 0.4) is 0 Å². The SMILES string of the molecule is C=C1CCCCC1P(C1CCCCC1)C1CCCCC1. The van der Waals surface area contributed by atoms with Crippen LogP contribution in [0.1, 0.15) is 89.9 Å². The molecule has 0 radical (unpaired) electrons. The van der Waals surface area contributed by atoms with Crippen LogP contribution in [0.5, 0.6) is 0 Å². The van der Waals surface area contributed by atoms with E-state index < -0.39 is 0 Å². The predicted octanol–water partition coefficient (Wildman–Crippen LogP) is 6.63. The van der Waals surface area contributed by atoms with Crippen LogP contribution in [-0.4, -0.2) is 17.0 Å². The predicted molar refractivity (Wildman–Crippen MR) is 92.1 cm³/mol. The summed E-state index contributed by atoms with van der Waals surface area (Å²) >= 11 is 0. The highest BCUT2D eigenvalue weighted by Gasteiger charge is 2.37. The normalized spacial score (nSPS) is 30.9. The molecule has 114 valence electrons. The van der Waals surface area contributed by atoms with Gasteiger partial charge in [-0.15, -0.1) is 0 Å². The summed E-state index contributed by atoms with van der Waals surface area (Å²) < 4.78 is 0. The van der Waals surface area contributed by atoms with E-state index in [1.54, 1.807) is 31.3 Å². The molecule has 3 aliphatic carbocycles. The first-order valence-electron chi connectivity index (χ1n) is 9.31. The third-order valence-electron chi connectivity index (χ3n) is 6.05. The van der Waals surface area contributed by atoms with E-state index in [9.17, 15) is 0 Å². The van der Waals surface area contributed by atoms with Gasteiger partial charge in [0, 0.05) is 5.66 Å². The molecule has 3 aliphatic rings. The first kappa shape index (κ1) is 15.1. The van der Waals surface area contributed by atoms with Gasteiger partial charge in [-0.05, 0) is 56.3 Å². The fourth-order valence-electron chi connectivity index (χ4n) is 4.99. The van der Waals surface area contributed by atoms with E-state index in [2.05, 4.69) is 6.58 Å². The molecule has 3 fully saturated rings. The van der Waals surface area contributed by atoms with Gasteiger partial charge >= 0.3 is 0 Å². The van der Waals surface area contributed by atoms with Crippen LogP contribution in [0.4, 0.5) is 0 Å². The van der Waals surface area contributed by atoms with E-state index in [-0.39, 0.29) is 7.92 Å². The summed E-state index contributed by atoms with van der Waals surface area (Å²) in [6.07, 6.45) is 21.1. The molecule has 0 amide bonds. The maximum absolute atomic E-state index is 4.52. The van der Waals surface area contributed by atoms with Crippen molar-refractivity contribution < 1.29 is 0 Å². The van der Waals surface area contributed by atoms with E-state index in [0.29, 0.717) is 0 Å². The molecule has 0 aliphatic heterocycles. The van der Waals surface area contributed by atoms with Crippen molar-refractivity contribution in [3.05, 3.63) is 12.2 Å². The standard InChI is InChI=1S/C19H33P/c1-16-10-8-9-15-19(16)20(17-11-4-2-5-12-17)18-13-6-3-7-14-18/h17-19H,1-15H2. The van der Waals surface area contributed by atoms with Crippen molar-refractivity contribution in [2.24, 2.45) is 0 Å². The highest BCUT2D eigenvalue weighted by atomic mass is 31.1. The highest BCUT2D eigenvalue weighted by Crippen LogP contribution is 2.62. The molecule has 0 aromatic rings. The van der Waals surface area contributed by atoms with Crippen molar-refractivity contribution in [1.29, 1.82) is 0 Å².